The zero-order chi connectivity index (χ0) is 19.9. The van der Waals surface area contributed by atoms with E-state index >= 15 is 0 Å². The first-order chi connectivity index (χ1) is 13.4. The Labute approximate surface area is 167 Å². The molecule has 0 radical (unpaired) electrons. The lowest BCUT2D eigenvalue weighted by Crippen LogP contribution is -2.39. The van der Waals surface area contributed by atoms with Crippen LogP contribution in [0.15, 0.2) is 77.7 Å². The van der Waals surface area contributed by atoms with E-state index in [9.17, 15) is 8.42 Å². The maximum Gasteiger partial charge on any atom is 0.264 e. The molecule has 0 amide bonds. The van der Waals surface area contributed by atoms with Crippen molar-refractivity contribution in [2.75, 3.05) is 4.31 Å². The molecule has 2 atom stereocenters. The summed E-state index contributed by atoms with van der Waals surface area (Å²) in [7, 11) is -3.69. The third kappa shape index (κ3) is 3.22. The number of sulfonamides is 1. The van der Waals surface area contributed by atoms with Gasteiger partial charge in [0, 0.05) is 0 Å². The number of benzene rings is 3. The third-order valence-electron chi connectivity index (χ3n) is 5.60. The zero-order valence-corrected chi connectivity index (χ0v) is 17.3. The van der Waals surface area contributed by atoms with Gasteiger partial charge in [-0.25, -0.2) is 8.42 Å². The molecule has 0 aliphatic carbocycles. The summed E-state index contributed by atoms with van der Waals surface area (Å²) in [6, 6.07) is 23.0. The Bertz CT molecular complexity index is 1090. The van der Waals surface area contributed by atoms with Gasteiger partial charge in [0.05, 0.1) is 16.6 Å². The summed E-state index contributed by atoms with van der Waals surface area (Å²) in [6.45, 7) is 6.18. The summed E-state index contributed by atoms with van der Waals surface area (Å²) in [5.41, 5.74) is 5.11. The molecule has 3 aromatic rings. The molecule has 4 rings (SSSR count). The summed E-state index contributed by atoms with van der Waals surface area (Å²) in [5.74, 6) is 0.284. The van der Waals surface area contributed by atoms with E-state index in [1.54, 1.807) is 16.4 Å². The number of nitrogens with zero attached hydrogens (tertiary/aromatic N) is 1. The van der Waals surface area contributed by atoms with Gasteiger partial charge in [-0.1, -0.05) is 72.6 Å². The van der Waals surface area contributed by atoms with Gasteiger partial charge in [0.25, 0.3) is 10.0 Å². The molecule has 28 heavy (non-hydrogen) atoms. The van der Waals surface area contributed by atoms with Crippen LogP contribution in [0.3, 0.4) is 0 Å². The van der Waals surface area contributed by atoms with Gasteiger partial charge in [-0.3, -0.25) is 4.31 Å². The Morgan fingerprint density at radius 2 is 1.39 bits per heavy atom. The summed E-state index contributed by atoms with van der Waals surface area (Å²) in [5, 5.41) is 0. The van der Waals surface area contributed by atoms with Crippen LogP contribution in [0.5, 0.6) is 0 Å². The fourth-order valence-corrected chi connectivity index (χ4v) is 5.69. The van der Waals surface area contributed by atoms with E-state index in [-0.39, 0.29) is 12.0 Å². The number of fused-ring (bicyclic) bond motifs is 1. The van der Waals surface area contributed by atoms with Crippen LogP contribution in [0.2, 0.25) is 0 Å². The molecule has 144 valence electrons. The molecule has 0 spiro atoms. The maximum atomic E-state index is 13.7. The van der Waals surface area contributed by atoms with Crippen molar-refractivity contribution in [1.29, 1.82) is 0 Å². The highest BCUT2D eigenvalue weighted by Crippen LogP contribution is 2.47. The summed E-state index contributed by atoms with van der Waals surface area (Å²) in [4.78, 5) is 0.333. The van der Waals surface area contributed by atoms with Gasteiger partial charge in [-0.05, 0) is 55.5 Å². The van der Waals surface area contributed by atoms with Crippen molar-refractivity contribution >= 4 is 15.7 Å². The van der Waals surface area contributed by atoms with Gasteiger partial charge in [0.15, 0.2) is 0 Å². The second-order valence-electron chi connectivity index (χ2n) is 7.74. The van der Waals surface area contributed by atoms with Crippen molar-refractivity contribution in [2.24, 2.45) is 0 Å². The third-order valence-corrected chi connectivity index (χ3v) is 7.44. The van der Waals surface area contributed by atoms with E-state index in [0.29, 0.717) is 4.90 Å². The Hall–Kier alpha value is -2.59. The molecule has 0 saturated heterocycles. The minimum absolute atomic E-state index is 0.225. The van der Waals surface area contributed by atoms with Crippen molar-refractivity contribution in [2.45, 2.75) is 44.0 Å². The SMILES string of the molecule is Cc1ccc([C@H]2C[C@@H](C)c3ccccc3N2S(=O)(=O)c2ccc(C)cc2)cc1. The molecule has 3 nitrogen and oxygen atoms in total. The molecule has 4 heteroatoms. The van der Waals surface area contributed by atoms with Crippen LogP contribution in [-0.2, 0) is 10.0 Å². The fraction of sp³-hybridized carbons (Fsp3) is 0.250. The summed E-state index contributed by atoms with van der Waals surface area (Å²) in [6.07, 6.45) is 0.755. The molecule has 1 heterocycles. The van der Waals surface area contributed by atoms with Gasteiger partial charge >= 0.3 is 0 Å². The quantitative estimate of drug-likeness (QED) is 0.570. The lowest BCUT2D eigenvalue weighted by Gasteiger charge is -2.40. The highest BCUT2D eigenvalue weighted by atomic mass is 32.2. The number of para-hydroxylation sites is 1. The van der Waals surface area contributed by atoms with E-state index in [0.717, 1.165) is 28.8 Å². The lowest BCUT2D eigenvalue weighted by molar-refractivity contribution is 0.523. The normalized spacial score (nSPS) is 19.3. The Morgan fingerprint density at radius 3 is 2.04 bits per heavy atom. The average Bonchev–Trinajstić information content (AvgIpc) is 2.68. The largest absolute Gasteiger partial charge is 0.264 e. The van der Waals surface area contributed by atoms with Crippen LogP contribution in [-0.4, -0.2) is 8.42 Å². The average molecular weight is 392 g/mol. The van der Waals surface area contributed by atoms with Crippen molar-refractivity contribution in [3.05, 3.63) is 95.1 Å². The number of hydrogen-bond donors (Lipinski definition) is 0. The molecule has 0 aromatic heterocycles. The molecule has 0 saturated carbocycles. The molecule has 3 aromatic carbocycles. The number of aryl methyl sites for hydroxylation is 2. The van der Waals surface area contributed by atoms with Crippen LogP contribution in [0, 0.1) is 13.8 Å². The van der Waals surface area contributed by atoms with Crippen LogP contribution >= 0.6 is 0 Å². The lowest BCUT2D eigenvalue weighted by atomic mass is 9.85. The topological polar surface area (TPSA) is 37.4 Å². The molecule has 0 unspecified atom stereocenters. The van der Waals surface area contributed by atoms with Gasteiger partial charge < -0.3 is 0 Å². The predicted octanol–water partition coefficient (Wildman–Crippen LogP) is 5.75. The zero-order valence-electron chi connectivity index (χ0n) is 16.5. The van der Waals surface area contributed by atoms with Crippen molar-refractivity contribution < 1.29 is 8.42 Å². The number of rotatable bonds is 3. The first-order valence-electron chi connectivity index (χ1n) is 9.64. The molecule has 0 bridgehead atoms. The first kappa shape index (κ1) is 18.8. The highest BCUT2D eigenvalue weighted by molar-refractivity contribution is 7.92. The molecule has 0 fully saturated rings. The van der Waals surface area contributed by atoms with Crippen LogP contribution in [0.25, 0.3) is 0 Å². The number of hydrogen-bond acceptors (Lipinski definition) is 2. The Morgan fingerprint density at radius 1 is 0.821 bits per heavy atom. The van der Waals surface area contributed by atoms with Crippen molar-refractivity contribution in [3.63, 3.8) is 0 Å². The van der Waals surface area contributed by atoms with Gasteiger partial charge in [0.2, 0.25) is 0 Å². The van der Waals surface area contributed by atoms with E-state index < -0.39 is 10.0 Å². The number of anilines is 1. The maximum absolute atomic E-state index is 13.7. The van der Waals surface area contributed by atoms with E-state index in [1.165, 1.54) is 5.56 Å². The second kappa shape index (κ2) is 7.10. The monoisotopic (exact) mass is 391 g/mol. The van der Waals surface area contributed by atoms with E-state index in [1.807, 2.05) is 50.2 Å². The smallest absolute Gasteiger partial charge is 0.259 e. The summed E-state index contributed by atoms with van der Waals surface area (Å²) >= 11 is 0. The first-order valence-corrected chi connectivity index (χ1v) is 11.1. The van der Waals surface area contributed by atoms with Gasteiger partial charge in [0.1, 0.15) is 0 Å². The summed E-state index contributed by atoms with van der Waals surface area (Å²) < 4.78 is 29.1. The molecular formula is C24H25NO2S. The fourth-order valence-electron chi connectivity index (χ4n) is 4.01. The molecule has 0 N–H and O–H groups in total. The van der Waals surface area contributed by atoms with Crippen LogP contribution in [0.1, 0.15) is 47.6 Å². The van der Waals surface area contributed by atoms with Crippen molar-refractivity contribution in [1.82, 2.24) is 0 Å². The van der Waals surface area contributed by atoms with E-state index in [2.05, 4.69) is 31.2 Å². The van der Waals surface area contributed by atoms with Crippen LogP contribution < -0.4 is 4.31 Å². The van der Waals surface area contributed by atoms with Crippen molar-refractivity contribution in [3.8, 4) is 0 Å². The van der Waals surface area contributed by atoms with E-state index in [4.69, 9.17) is 0 Å². The van der Waals surface area contributed by atoms with Gasteiger partial charge in [-0.2, -0.15) is 0 Å². The highest BCUT2D eigenvalue weighted by Gasteiger charge is 2.39. The Kier molecular flexibility index (Phi) is 4.76. The molecular weight excluding hydrogens is 366 g/mol. The molecule has 1 aliphatic heterocycles. The Balaban J connectivity index is 1.91. The van der Waals surface area contributed by atoms with Gasteiger partial charge in [-0.15, -0.1) is 0 Å². The van der Waals surface area contributed by atoms with Crippen LogP contribution in [0.4, 0.5) is 5.69 Å². The second-order valence-corrected chi connectivity index (χ2v) is 9.55. The molecule has 1 aliphatic rings. The standard InChI is InChI=1S/C24H25NO2S/c1-17-8-12-20(13-9-17)24-16-19(3)22-6-4-5-7-23(22)25(24)28(26,27)21-14-10-18(2)11-15-21/h4-15,19,24H,16H2,1-3H3/t19-,24-/m1/s1. The minimum Gasteiger partial charge on any atom is -0.259 e. The predicted molar refractivity (Wildman–Crippen MR) is 114 cm³/mol. The minimum atomic E-state index is -3.69.